The molecule has 1 atom stereocenters. The molecule has 0 radical (unpaired) electrons. The lowest BCUT2D eigenvalue weighted by atomic mass is 10.3. The molecule has 1 amide bonds. The maximum atomic E-state index is 12.1. The Bertz CT molecular complexity index is 242. The fourth-order valence-electron chi connectivity index (χ4n) is 1.37. The number of hydrogen-bond donors (Lipinski definition) is 1. The number of likely N-dealkylation sites (N-methyl/N-ethyl adjacent to an activating group) is 2. The van der Waals surface area contributed by atoms with Gasteiger partial charge in [-0.15, -0.1) is 0 Å². The van der Waals surface area contributed by atoms with Crippen molar-refractivity contribution in [1.82, 2.24) is 9.80 Å². The summed E-state index contributed by atoms with van der Waals surface area (Å²) in [6.45, 7) is 3.90. The van der Waals surface area contributed by atoms with E-state index in [-0.39, 0.29) is 12.5 Å². The minimum absolute atomic E-state index is 0.130. The Kier molecular flexibility index (Phi) is 6.48. The van der Waals surface area contributed by atoms with Crippen LogP contribution in [-0.4, -0.2) is 66.3 Å². The number of halogens is 3. The molecule has 0 aliphatic heterocycles. The van der Waals surface area contributed by atoms with Crippen molar-refractivity contribution < 1.29 is 23.1 Å². The lowest BCUT2D eigenvalue weighted by Gasteiger charge is -2.25. The molecule has 0 saturated carbocycles. The van der Waals surface area contributed by atoms with E-state index in [4.69, 9.17) is 5.11 Å². The smallest absolute Gasteiger partial charge is 0.382 e. The normalized spacial score (nSPS) is 13.9. The van der Waals surface area contributed by atoms with E-state index in [0.29, 0.717) is 13.1 Å². The van der Waals surface area contributed by atoms with E-state index in [1.807, 2.05) is 0 Å². The second-order valence-electron chi connectivity index (χ2n) is 3.82. The maximum Gasteiger partial charge on any atom is 0.415 e. The first-order chi connectivity index (χ1) is 7.72. The molecule has 0 aromatic carbocycles. The second kappa shape index (κ2) is 6.80. The highest BCUT2D eigenvalue weighted by Crippen LogP contribution is 2.20. The highest BCUT2D eigenvalue weighted by atomic mass is 19.4. The number of carbonyl (C=O) groups excluding carboxylic acids is 1. The van der Waals surface area contributed by atoms with E-state index >= 15 is 0 Å². The van der Waals surface area contributed by atoms with Crippen molar-refractivity contribution in [3.63, 3.8) is 0 Å². The third-order valence-corrected chi connectivity index (χ3v) is 2.38. The highest BCUT2D eigenvalue weighted by molar-refractivity contribution is 5.78. The first-order valence-electron chi connectivity index (χ1n) is 5.43. The molecule has 7 heteroatoms. The molecule has 0 bridgehead atoms. The number of nitrogens with zero attached hydrogens (tertiary/aromatic N) is 2. The van der Waals surface area contributed by atoms with Gasteiger partial charge in [-0.1, -0.05) is 0 Å². The van der Waals surface area contributed by atoms with E-state index in [1.54, 1.807) is 13.8 Å². The van der Waals surface area contributed by atoms with Gasteiger partial charge in [-0.3, -0.25) is 9.69 Å². The minimum Gasteiger partial charge on any atom is -0.382 e. The molecule has 1 N–H and O–H groups in total. The molecule has 0 aliphatic rings. The molecule has 17 heavy (non-hydrogen) atoms. The van der Waals surface area contributed by atoms with Crippen LogP contribution in [0.25, 0.3) is 0 Å². The van der Waals surface area contributed by atoms with E-state index in [9.17, 15) is 18.0 Å². The summed E-state index contributed by atoms with van der Waals surface area (Å²) >= 11 is 0. The molecule has 1 unspecified atom stereocenters. The Morgan fingerprint density at radius 2 is 1.76 bits per heavy atom. The zero-order valence-electron chi connectivity index (χ0n) is 10.3. The molecule has 0 heterocycles. The zero-order chi connectivity index (χ0) is 13.6. The largest absolute Gasteiger partial charge is 0.415 e. The summed E-state index contributed by atoms with van der Waals surface area (Å²) in [4.78, 5) is 14.3. The molecule has 0 aromatic heterocycles. The number of aliphatic hydroxyl groups is 1. The van der Waals surface area contributed by atoms with Crippen molar-refractivity contribution in [1.29, 1.82) is 0 Å². The lowest BCUT2D eigenvalue weighted by molar-refractivity contribution is -0.207. The predicted molar refractivity (Wildman–Crippen MR) is 57.5 cm³/mol. The Morgan fingerprint density at radius 3 is 2.12 bits per heavy atom. The molecule has 0 rings (SSSR count). The summed E-state index contributed by atoms with van der Waals surface area (Å²) < 4.78 is 36.2. The minimum atomic E-state index is -4.65. The fourth-order valence-corrected chi connectivity index (χ4v) is 1.37. The van der Waals surface area contributed by atoms with Gasteiger partial charge in [0.1, 0.15) is 0 Å². The second-order valence-corrected chi connectivity index (χ2v) is 3.82. The van der Waals surface area contributed by atoms with Crippen LogP contribution in [0.3, 0.4) is 0 Å². The van der Waals surface area contributed by atoms with Crippen LogP contribution in [0.5, 0.6) is 0 Å². The molecule has 4 nitrogen and oxygen atoms in total. The van der Waals surface area contributed by atoms with Gasteiger partial charge in [0.2, 0.25) is 5.91 Å². The van der Waals surface area contributed by atoms with Crippen molar-refractivity contribution in [3.8, 4) is 0 Å². The number of rotatable bonds is 6. The number of hydrogen-bond acceptors (Lipinski definition) is 3. The van der Waals surface area contributed by atoms with E-state index in [1.165, 1.54) is 16.8 Å². The standard InChI is InChI=1S/C10H19F3N2O2/c1-4-15(5-2)9(17)7-14(3)6-8(16)10(11,12)13/h8,16H,4-7H2,1-3H3. The van der Waals surface area contributed by atoms with Gasteiger partial charge in [-0.05, 0) is 20.9 Å². The molecule has 0 aliphatic carbocycles. The lowest BCUT2D eigenvalue weighted by Crippen LogP contribution is -2.44. The van der Waals surface area contributed by atoms with Gasteiger partial charge in [-0.2, -0.15) is 13.2 Å². The van der Waals surface area contributed by atoms with Crippen LogP contribution in [0.15, 0.2) is 0 Å². The number of alkyl halides is 3. The van der Waals surface area contributed by atoms with Gasteiger partial charge in [0.25, 0.3) is 0 Å². The third-order valence-electron chi connectivity index (χ3n) is 2.38. The van der Waals surface area contributed by atoms with Gasteiger partial charge in [-0.25, -0.2) is 0 Å². The summed E-state index contributed by atoms with van der Waals surface area (Å²) in [6, 6.07) is 0. The molecular weight excluding hydrogens is 237 g/mol. The summed E-state index contributed by atoms with van der Waals surface area (Å²) in [6.07, 6.45) is -7.07. The quantitative estimate of drug-likeness (QED) is 0.761. The monoisotopic (exact) mass is 256 g/mol. The van der Waals surface area contributed by atoms with E-state index in [0.717, 1.165) is 0 Å². The summed E-state index contributed by atoms with van der Waals surface area (Å²) in [7, 11) is 1.37. The van der Waals surface area contributed by atoms with Crippen LogP contribution < -0.4 is 0 Å². The van der Waals surface area contributed by atoms with Crippen LogP contribution in [0.2, 0.25) is 0 Å². The third kappa shape index (κ3) is 5.88. The molecule has 102 valence electrons. The zero-order valence-corrected chi connectivity index (χ0v) is 10.3. The van der Waals surface area contributed by atoms with Crippen molar-refractivity contribution in [2.75, 3.05) is 33.2 Å². The summed E-state index contributed by atoms with van der Waals surface area (Å²) in [5.41, 5.74) is 0. The SMILES string of the molecule is CCN(CC)C(=O)CN(C)CC(O)C(F)(F)F. The van der Waals surface area contributed by atoms with Crippen molar-refractivity contribution >= 4 is 5.91 Å². The topological polar surface area (TPSA) is 43.8 Å². The fraction of sp³-hybridized carbons (Fsp3) is 0.900. The Hall–Kier alpha value is -0.820. The first kappa shape index (κ1) is 16.2. The van der Waals surface area contributed by atoms with Crippen molar-refractivity contribution in [2.24, 2.45) is 0 Å². The van der Waals surface area contributed by atoms with Crippen LogP contribution in [0.4, 0.5) is 13.2 Å². The first-order valence-corrected chi connectivity index (χ1v) is 5.43. The van der Waals surface area contributed by atoms with Gasteiger partial charge in [0.05, 0.1) is 6.54 Å². The maximum absolute atomic E-state index is 12.1. The number of amides is 1. The Morgan fingerprint density at radius 1 is 1.29 bits per heavy atom. The summed E-state index contributed by atoms with van der Waals surface area (Å²) in [5, 5.41) is 8.83. The van der Waals surface area contributed by atoms with Gasteiger partial charge < -0.3 is 10.0 Å². The van der Waals surface area contributed by atoms with Gasteiger partial charge in [0.15, 0.2) is 6.10 Å². The molecule has 0 saturated heterocycles. The average molecular weight is 256 g/mol. The molecule has 0 spiro atoms. The van der Waals surface area contributed by atoms with Crippen LogP contribution in [-0.2, 0) is 4.79 Å². The highest BCUT2D eigenvalue weighted by Gasteiger charge is 2.38. The van der Waals surface area contributed by atoms with Crippen LogP contribution >= 0.6 is 0 Å². The van der Waals surface area contributed by atoms with E-state index < -0.39 is 18.8 Å². The molecular formula is C10H19F3N2O2. The van der Waals surface area contributed by atoms with Crippen LogP contribution in [0, 0.1) is 0 Å². The number of carbonyl (C=O) groups is 1. The Labute approximate surface area is 99.0 Å². The average Bonchev–Trinajstić information content (AvgIpc) is 2.17. The number of aliphatic hydroxyl groups excluding tert-OH is 1. The molecule has 0 aromatic rings. The predicted octanol–water partition coefficient (Wildman–Crippen LogP) is 0.710. The van der Waals surface area contributed by atoms with Crippen molar-refractivity contribution in [3.05, 3.63) is 0 Å². The Balaban J connectivity index is 4.18. The van der Waals surface area contributed by atoms with Crippen LogP contribution in [0.1, 0.15) is 13.8 Å². The van der Waals surface area contributed by atoms with Crippen molar-refractivity contribution in [2.45, 2.75) is 26.1 Å². The summed E-state index contributed by atoms with van der Waals surface area (Å²) in [5.74, 6) is -0.244. The van der Waals surface area contributed by atoms with E-state index in [2.05, 4.69) is 0 Å². The van der Waals surface area contributed by atoms with Gasteiger partial charge in [0, 0.05) is 19.6 Å². The molecule has 0 fully saturated rings. The van der Waals surface area contributed by atoms with Gasteiger partial charge >= 0.3 is 6.18 Å².